The van der Waals surface area contributed by atoms with Crippen LogP contribution in [-0.2, 0) is 0 Å². The van der Waals surface area contributed by atoms with Crippen LogP contribution in [0.1, 0.15) is 17.2 Å². The zero-order chi connectivity index (χ0) is 10.6. The summed E-state index contributed by atoms with van der Waals surface area (Å²) in [6.45, 7) is 0. The fraction of sp³-hybridized carbons (Fsp3) is 0.300. The highest BCUT2D eigenvalue weighted by atomic mass is 32.1. The first-order valence-corrected chi connectivity index (χ1v) is 4.80. The van der Waals surface area contributed by atoms with Crippen molar-refractivity contribution in [3.63, 3.8) is 0 Å². The molecule has 1 aromatic carbocycles. The third-order valence-corrected chi connectivity index (χ3v) is 2.33. The predicted molar refractivity (Wildman–Crippen MR) is 56.0 cm³/mol. The van der Waals surface area contributed by atoms with Crippen molar-refractivity contribution in [1.29, 1.82) is 5.26 Å². The first-order chi connectivity index (χ1) is 6.70. The van der Waals surface area contributed by atoms with Gasteiger partial charge < -0.3 is 10.2 Å². The van der Waals surface area contributed by atoms with Crippen LogP contribution in [0.5, 0.6) is 0 Å². The molecule has 0 bridgehead atoms. The topological polar surface area (TPSA) is 64.2 Å². The number of benzene rings is 1. The van der Waals surface area contributed by atoms with Crippen molar-refractivity contribution >= 4 is 12.6 Å². The summed E-state index contributed by atoms with van der Waals surface area (Å²) < 4.78 is 0. The van der Waals surface area contributed by atoms with Crippen molar-refractivity contribution in [2.75, 3.05) is 5.75 Å². The first kappa shape index (κ1) is 11.1. The molecule has 1 aromatic rings. The highest BCUT2D eigenvalue weighted by Crippen LogP contribution is 2.20. The predicted octanol–water partition coefficient (Wildman–Crippen LogP) is 0.882. The summed E-state index contributed by atoms with van der Waals surface area (Å²) in [5.74, 6) is 0.154. The summed E-state index contributed by atoms with van der Waals surface area (Å²) in [7, 11) is 0. The largest absolute Gasteiger partial charge is 0.389 e. The Kier molecular flexibility index (Phi) is 3.96. The zero-order valence-electron chi connectivity index (χ0n) is 7.46. The lowest BCUT2D eigenvalue weighted by molar-refractivity contribution is 0.0336. The number of nitrogens with zero attached hydrogens (tertiary/aromatic N) is 1. The first-order valence-electron chi connectivity index (χ1n) is 4.16. The van der Waals surface area contributed by atoms with E-state index < -0.39 is 12.2 Å². The molecule has 0 amide bonds. The Bertz CT molecular complexity index is 348. The maximum Gasteiger partial charge on any atom is 0.107 e. The Hall–Kier alpha value is -1.02. The normalized spacial score (nSPS) is 14.4. The lowest BCUT2D eigenvalue weighted by Crippen LogP contribution is -2.20. The van der Waals surface area contributed by atoms with Gasteiger partial charge in [-0.1, -0.05) is 18.2 Å². The van der Waals surface area contributed by atoms with Crippen LogP contribution < -0.4 is 0 Å². The summed E-state index contributed by atoms with van der Waals surface area (Å²) in [4.78, 5) is 0. The van der Waals surface area contributed by atoms with Gasteiger partial charge in [-0.25, -0.2) is 0 Å². The van der Waals surface area contributed by atoms with Crippen molar-refractivity contribution < 1.29 is 10.2 Å². The smallest absolute Gasteiger partial charge is 0.107 e. The van der Waals surface area contributed by atoms with E-state index in [4.69, 9.17) is 5.26 Å². The van der Waals surface area contributed by atoms with Crippen LogP contribution in [0.4, 0.5) is 0 Å². The van der Waals surface area contributed by atoms with Crippen molar-refractivity contribution in [3.8, 4) is 6.07 Å². The molecule has 0 aliphatic rings. The number of thiol groups is 1. The molecule has 0 fully saturated rings. The quantitative estimate of drug-likeness (QED) is 0.648. The van der Waals surface area contributed by atoms with Gasteiger partial charge in [0.15, 0.2) is 0 Å². The molecule has 0 spiro atoms. The van der Waals surface area contributed by atoms with Crippen LogP contribution in [0.2, 0.25) is 0 Å². The van der Waals surface area contributed by atoms with E-state index in [0.717, 1.165) is 0 Å². The number of rotatable bonds is 3. The zero-order valence-corrected chi connectivity index (χ0v) is 8.35. The summed E-state index contributed by atoms with van der Waals surface area (Å²) in [6, 6.07) is 8.60. The minimum absolute atomic E-state index is 0.154. The molecule has 0 saturated heterocycles. The Morgan fingerprint density at radius 1 is 1.36 bits per heavy atom. The Balaban J connectivity index is 3.01. The van der Waals surface area contributed by atoms with Gasteiger partial charge in [0, 0.05) is 11.3 Å². The van der Waals surface area contributed by atoms with E-state index in [1.165, 1.54) is 0 Å². The minimum atomic E-state index is -1.05. The van der Waals surface area contributed by atoms with Crippen molar-refractivity contribution in [2.24, 2.45) is 0 Å². The van der Waals surface area contributed by atoms with E-state index in [-0.39, 0.29) is 5.75 Å². The van der Waals surface area contributed by atoms with Crippen molar-refractivity contribution in [1.82, 2.24) is 0 Å². The van der Waals surface area contributed by atoms with Gasteiger partial charge in [-0.15, -0.1) is 0 Å². The molecule has 0 aliphatic heterocycles. The highest BCUT2D eigenvalue weighted by Gasteiger charge is 2.19. The lowest BCUT2D eigenvalue weighted by atomic mass is 10.0. The molecule has 0 saturated carbocycles. The van der Waals surface area contributed by atoms with E-state index in [1.807, 2.05) is 6.07 Å². The summed E-state index contributed by atoms with van der Waals surface area (Å²) in [5.41, 5.74) is 0.817. The monoisotopic (exact) mass is 209 g/mol. The van der Waals surface area contributed by atoms with Gasteiger partial charge in [-0.2, -0.15) is 17.9 Å². The van der Waals surface area contributed by atoms with Crippen LogP contribution >= 0.6 is 12.6 Å². The second-order valence-electron chi connectivity index (χ2n) is 2.89. The molecule has 1 rings (SSSR count). The van der Waals surface area contributed by atoms with Gasteiger partial charge in [-0.05, 0) is 6.07 Å². The molecule has 2 N–H and O–H groups in total. The van der Waals surface area contributed by atoms with E-state index in [1.54, 1.807) is 24.3 Å². The molecular weight excluding hydrogens is 198 g/mol. The summed E-state index contributed by atoms with van der Waals surface area (Å²) >= 11 is 3.88. The maximum absolute atomic E-state index is 9.65. The summed E-state index contributed by atoms with van der Waals surface area (Å²) in [6.07, 6.45) is -2.00. The molecule has 0 aromatic heterocycles. The molecule has 0 aliphatic carbocycles. The second-order valence-corrected chi connectivity index (χ2v) is 3.26. The second kappa shape index (κ2) is 5.01. The lowest BCUT2D eigenvalue weighted by Gasteiger charge is -2.16. The summed E-state index contributed by atoms with van der Waals surface area (Å²) in [5, 5.41) is 27.8. The molecule has 2 atom stereocenters. The van der Waals surface area contributed by atoms with Crippen LogP contribution in [0.15, 0.2) is 24.3 Å². The van der Waals surface area contributed by atoms with Gasteiger partial charge in [0.25, 0.3) is 0 Å². The van der Waals surface area contributed by atoms with E-state index >= 15 is 0 Å². The Morgan fingerprint density at radius 3 is 2.57 bits per heavy atom. The SMILES string of the molecule is N#Cc1ccccc1C(O)C(O)CS. The molecule has 0 heterocycles. The van der Waals surface area contributed by atoms with Gasteiger partial charge in [0.1, 0.15) is 6.10 Å². The Labute approximate surface area is 88.0 Å². The van der Waals surface area contributed by atoms with Gasteiger partial charge in [0.05, 0.1) is 17.7 Å². The molecular formula is C10H11NO2S. The molecule has 0 radical (unpaired) electrons. The number of aliphatic hydroxyl groups excluding tert-OH is 2. The van der Waals surface area contributed by atoms with E-state index in [0.29, 0.717) is 11.1 Å². The molecule has 2 unspecified atom stereocenters. The third-order valence-electron chi connectivity index (χ3n) is 1.95. The van der Waals surface area contributed by atoms with Crippen LogP contribution in [0.25, 0.3) is 0 Å². The third kappa shape index (κ3) is 2.26. The minimum Gasteiger partial charge on any atom is -0.389 e. The number of nitriles is 1. The van der Waals surface area contributed by atoms with Gasteiger partial charge in [-0.3, -0.25) is 0 Å². The molecule has 4 heteroatoms. The Morgan fingerprint density at radius 2 is 2.00 bits per heavy atom. The average Bonchev–Trinajstić information content (AvgIpc) is 2.26. The molecule has 14 heavy (non-hydrogen) atoms. The standard InChI is InChI=1S/C10H11NO2S/c11-5-7-3-1-2-4-8(7)10(13)9(12)6-14/h1-4,9-10,12-14H,6H2. The van der Waals surface area contributed by atoms with Crippen LogP contribution in [0, 0.1) is 11.3 Å². The highest BCUT2D eigenvalue weighted by molar-refractivity contribution is 7.80. The van der Waals surface area contributed by atoms with E-state index in [9.17, 15) is 10.2 Å². The number of aliphatic hydroxyl groups is 2. The van der Waals surface area contributed by atoms with Crippen LogP contribution in [-0.4, -0.2) is 22.1 Å². The average molecular weight is 209 g/mol. The van der Waals surface area contributed by atoms with Gasteiger partial charge >= 0.3 is 0 Å². The number of hydrogen-bond donors (Lipinski definition) is 3. The molecule has 3 nitrogen and oxygen atoms in total. The fourth-order valence-electron chi connectivity index (χ4n) is 1.16. The van der Waals surface area contributed by atoms with Crippen LogP contribution in [0.3, 0.4) is 0 Å². The van der Waals surface area contributed by atoms with E-state index in [2.05, 4.69) is 12.6 Å². The van der Waals surface area contributed by atoms with Crippen molar-refractivity contribution in [2.45, 2.75) is 12.2 Å². The van der Waals surface area contributed by atoms with Crippen molar-refractivity contribution in [3.05, 3.63) is 35.4 Å². The molecule has 74 valence electrons. The number of hydrogen-bond acceptors (Lipinski definition) is 4. The maximum atomic E-state index is 9.65. The fourth-order valence-corrected chi connectivity index (χ4v) is 1.36. The van der Waals surface area contributed by atoms with Gasteiger partial charge in [0.2, 0.25) is 0 Å².